The summed E-state index contributed by atoms with van der Waals surface area (Å²) in [5.74, 6) is 1.32. The zero-order chi connectivity index (χ0) is 15.9. The summed E-state index contributed by atoms with van der Waals surface area (Å²) in [7, 11) is 0. The number of hydrogen-bond acceptors (Lipinski definition) is 3. The van der Waals surface area contributed by atoms with Crippen LogP contribution < -0.4 is 10.1 Å². The summed E-state index contributed by atoms with van der Waals surface area (Å²) in [6, 6.07) is 7.91. The summed E-state index contributed by atoms with van der Waals surface area (Å²) in [5, 5.41) is 12.4. The Kier molecular flexibility index (Phi) is 6.07. The lowest BCUT2D eigenvalue weighted by Crippen LogP contribution is -2.47. The van der Waals surface area contributed by atoms with Crippen molar-refractivity contribution in [2.75, 3.05) is 26.2 Å². The number of β-amino-alcohol motifs (C(OH)–C–C–N with tert-alkyl or cyclic N) is 1. The number of nitrogens with zero attached hydrogens (tertiary/aromatic N) is 1. The van der Waals surface area contributed by atoms with Gasteiger partial charge in [-0.2, -0.15) is 0 Å². The van der Waals surface area contributed by atoms with Crippen LogP contribution >= 0.6 is 0 Å². The Hall–Kier alpha value is -1.75. The second kappa shape index (κ2) is 8.03. The number of urea groups is 1. The molecule has 1 saturated heterocycles. The minimum absolute atomic E-state index is 0.127. The van der Waals surface area contributed by atoms with E-state index in [0.717, 1.165) is 18.6 Å². The highest BCUT2D eigenvalue weighted by Crippen LogP contribution is 2.18. The van der Waals surface area contributed by atoms with Crippen molar-refractivity contribution in [1.29, 1.82) is 0 Å². The van der Waals surface area contributed by atoms with E-state index in [9.17, 15) is 9.90 Å². The zero-order valence-electron chi connectivity index (χ0n) is 13.4. The van der Waals surface area contributed by atoms with E-state index < -0.39 is 6.10 Å². The van der Waals surface area contributed by atoms with Crippen LogP contribution in [0.1, 0.15) is 38.2 Å². The lowest BCUT2D eigenvalue weighted by Gasteiger charge is -2.30. The number of ether oxygens (including phenoxy) is 1. The van der Waals surface area contributed by atoms with Crippen molar-refractivity contribution in [3.63, 3.8) is 0 Å². The first-order chi connectivity index (χ1) is 10.6. The van der Waals surface area contributed by atoms with Crippen LogP contribution in [0, 0.1) is 0 Å². The fourth-order valence-electron chi connectivity index (χ4n) is 2.53. The summed E-state index contributed by atoms with van der Waals surface area (Å²) in [6.45, 7) is 6.33. The Bertz CT molecular complexity index is 473. The third kappa shape index (κ3) is 4.91. The number of aliphatic hydroxyl groups excluding tert-OH is 1. The molecule has 0 radical (unpaired) electrons. The second-order valence-corrected chi connectivity index (χ2v) is 6.05. The van der Waals surface area contributed by atoms with E-state index in [2.05, 4.69) is 31.3 Å². The number of piperidine rings is 1. The van der Waals surface area contributed by atoms with Gasteiger partial charge in [-0.15, -0.1) is 0 Å². The van der Waals surface area contributed by atoms with Gasteiger partial charge in [0.15, 0.2) is 0 Å². The average Bonchev–Trinajstić information content (AvgIpc) is 2.51. The van der Waals surface area contributed by atoms with Gasteiger partial charge in [-0.1, -0.05) is 26.0 Å². The third-order valence-electron chi connectivity index (χ3n) is 3.88. The molecule has 1 heterocycles. The van der Waals surface area contributed by atoms with Crippen molar-refractivity contribution in [3.05, 3.63) is 29.8 Å². The smallest absolute Gasteiger partial charge is 0.317 e. The minimum Gasteiger partial charge on any atom is -0.492 e. The number of likely N-dealkylation sites (tertiary alicyclic amines) is 1. The highest BCUT2D eigenvalue weighted by Gasteiger charge is 2.21. The van der Waals surface area contributed by atoms with Crippen LogP contribution in [0.2, 0.25) is 0 Å². The van der Waals surface area contributed by atoms with Gasteiger partial charge in [0, 0.05) is 13.1 Å². The van der Waals surface area contributed by atoms with Gasteiger partial charge < -0.3 is 20.1 Å². The lowest BCUT2D eigenvalue weighted by atomic mass is 10.0. The van der Waals surface area contributed by atoms with Gasteiger partial charge in [0.05, 0.1) is 12.6 Å². The monoisotopic (exact) mass is 306 g/mol. The van der Waals surface area contributed by atoms with E-state index in [1.807, 2.05) is 12.1 Å². The Morgan fingerprint density at radius 3 is 2.77 bits per heavy atom. The minimum atomic E-state index is -0.393. The number of nitrogens with one attached hydrogen (secondary N) is 1. The van der Waals surface area contributed by atoms with Crippen molar-refractivity contribution in [1.82, 2.24) is 10.2 Å². The molecule has 122 valence electrons. The molecule has 1 atom stereocenters. The van der Waals surface area contributed by atoms with E-state index in [1.54, 1.807) is 4.90 Å². The maximum atomic E-state index is 11.9. The summed E-state index contributed by atoms with van der Waals surface area (Å²) >= 11 is 0. The Balaban J connectivity index is 1.67. The van der Waals surface area contributed by atoms with E-state index in [0.29, 0.717) is 32.2 Å². The topological polar surface area (TPSA) is 61.8 Å². The van der Waals surface area contributed by atoms with Crippen molar-refractivity contribution in [2.45, 2.75) is 38.7 Å². The second-order valence-electron chi connectivity index (χ2n) is 6.05. The van der Waals surface area contributed by atoms with Crippen LogP contribution in [0.15, 0.2) is 24.3 Å². The highest BCUT2D eigenvalue weighted by atomic mass is 16.5. The summed E-state index contributed by atoms with van der Waals surface area (Å²) in [6.07, 6.45) is 1.24. The molecule has 2 N–H and O–H groups in total. The molecule has 5 heteroatoms. The SMILES string of the molecule is CC(C)c1ccc(OCCNC(=O)N2CCCC(O)C2)cc1. The van der Waals surface area contributed by atoms with E-state index in [1.165, 1.54) is 5.56 Å². The maximum absolute atomic E-state index is 11.9. The molecule has 1 aliphatic rings. The molecule has 1 unspecified atom stereocenters. The first-order valence-corrected chi connectivity index (χ1v) is 8.00. The molecule has 1 fully saturated rings. The van der Waals surface area contributed by atoms with Crippen molar-refractivity contribution >= 4 is 6.03 Å². The van der Waals surface area contributed by atoms with Crippen LogP contribution in [0.4, 0.5) is 4.79 Å². The molecule has 1 aliphatic heterocycles. The highest BCUT2D eigenvalue weighted by molar-refractivity contribution is 5.74. The number of aliphatic hydroxyl groups is 1. The molecule has 1 aromatic carbocycles. The molecule has 0 aromatic heterocycles. The van der Waals surface area contributed by atoms with Gasteiger partial charge in [-0.25, -0.2) is 4.79 Å². The summed E-state index contributed by atoms with van der Waals surface area (Å²) in [4.78, 5) is 13.6. The molecule has 22 heavy (non-hydrogen) atoms. The molecule has 0 bridgehead atoms. The Morgan fingerprint density at radius 2 is 2.14 bits per heavy atom. The molecule has 0 spiro atoms. The number of hydrogen-bond donors (Lipinski definition) is 2. The first kappa shape index (κ1) is 16.6. The van der Waals surface area contributed by atoms with Gasteiger partial charge >= 0.3 is 6.03 Å². The van der Waals surface area contributed by atoms with Gasteiger partial charge in [0.25, 0.3) is 0 Å². The van der Waals surface area contributed by atoms with Gasteiger partial charge in [0.1, 0.15) is 12.4 Å². The molecule has 2 amide bonds. The normalized spacial score (nSPS) is 18.4. The predicted octanol–water partition coefficient (Wildman–Crippen LogP) is 2.36. The fourth-order valence-corrected chi connectivity index (χ4v) is 2.53. The number of amides is 2. The number of benzene rings is 1. The van der Waals surface area contributed by atoms with E-state index in [4.69, 9.17) is 4.74 Å². The van der Waals surface area contributed by atoms with Gasteiger partial charge in [-0.3, -0.25) is 0 Å². The van der Waals surface area contributed by atoms with E-state index >= 15 is 0 Å². The summed E-state index contributed by atoms with van der Waals surface area (Å²) < 4.78 is 5.62. The fraction of sp³-hybridized carbons (Fsp3) is 0.588. The van der Waals surface area contributed by atoms with Gasteiger partial charge in [0.2, 0.25) is 0 Å². The number of carbonyl (C=O) groups is 1. The Morgan fingerprint density at radius 1 is 1.41 bits per heavy atom. The van der Waals surface area contributed by atoms with Crippen molar-refractivity contribution < 1.29 is 14.6 Å². The van der Waals surface area contributed by atoms with Crippen LogP contribution in [0.3, 0.4) is 0 Å². The molecular formula is C17H26N2O3. The number of rotatable bonds is 5. The first-order valence-electron chi connectivity index (χ1n) is 8.00. The van der Waals surface area contributed by atoms with Crippen LogP contribution in [-0.4, -0.2) is 48.4 Å². The zero-order valence-corrected chi connectivity index (χ0v) is 13.4. The average molecular weight is 306 g/mol. The van der Waals surface area contributed by atoms with E-state index in [-0.39, 0.29) is 6.03 Å². The van der Waals surface area contributed by atoms with Crippen molar-refractivity contribution in [3.8, 4) is 5.75 Å². The Labute approximate surface area is 132 Å². The quantitative estimate of drug-likeness (QED) is 0.821. The summed E-state index contributed by atoms with van der Waals surface area (Å²) in [5.41, 5.74) is 1.28. The van der Waals surface area contributed by atoms with Gasteiger partial charge in [-0.05, 0) is 36.5 Å². The molecule has 1 aromatic rings. The lowest BCUT2D eigenvalue weighted by molar-refractivity contribution is 0.0840. The molecular weight excluding hydrogens is 280 g/mol. The maximum Gasteiger partial charge on any atom is 0.317 e. The predicted molar refractivity (Wildman–Crippen MR) is 86.2 cm³/mol. The number of carbonyl (C=O) groups excluding carboxylic acids is 1. The molecule has 5 nitrogen and oxygen atoms in total. The van der Waals surface area contributed by atoms with Crippen LogP contribution in [-0.2, 0) is 0 Å². The van der Waals surface area contributed by atoms with Crippen LogP contribution in [0.5, 0.6) is 5.75 Å². The largest absolute Gasteiger partial charge is 0.492 e. The molecule has 0 saturated carbocycles. The molecule has 2 rings (SSSR count). The van der Waals surface area contributed by atoms with Crippen LogP contribution in [0.25, 0.3) is 0 Å². The standard InChI is InChI=1S/C17H26N2O3/c1-13(2)14-5-7-16(8-6-14)22-11-9-18-17(21)19-10-3-4-15(20)12-19/h5-8,13,15,20H,3-4,9-12H2,1-2H3,(H,18,21). The third-order valence-corrected chi connectivity index (χ3v) is 3.88. The molecule has 0 aliphatic carbocycles. The van der Waals surface area contributed by atoms with Crippen molar-refractivity contribution in [2.24, 2.45) is 0 Å².